The molecule has 2 saturated carbocycles. The van der Waals surface area contributed by atoms with Crippen LogP contribution < -0.4 is 10.1 Å². The van der Waals surface area contributed by atoms with E-state index in [1.54, 1.807) is 4.90 Å². The zero-order valence-corrected chi connectivity index (χ0v) is 21.8. The van der Waals surface area contributed by atoms with Gasteiger partial charge in [0, 0.05) is 44.8 Å². The van der Waals surface area contributed by atoms with Crippen molar-refractivity contribution in [1.82, 2.24) is 15.1 Å². The van der Waals surface area contributed by atoms with Crippen molar-refractivity contribution in [3.63, 3.8) is 0 Å². The number of likely N-dealkylation sites (tertiary alicyclic amines) is 1. The average molecular weight is 510 g/mol. The van der Waals surface area contributed by atoms with Crippen LogP contribution in [0.5, 0.6) is 5.75 Å². The summed E-state index contributed by atoms with van der Waals surface area (Å²) in [5.74, 6) is 1.67. The quantitative estimate of drug-likeness (QED) is 0.593. The molecule has 0 spiro atoms. The second-order valence-corrected chi connectivity index (χ2v) is 11.7. The summed E-state index contributed by atoms with van der Waals surface area (Å²) in [5, 5.41) is 2.37. The summed E-state index contributed by atoms with van der Waals surface area (Å²) < 4.78 is 12.2. The second kappa shape index (κ2) is 10.4. The van der Waals surface area contributed by atoms with Gasteiger partial charge in [-0.1, -0.05) is 6.42 Å². The Labute approximate surface area is 219 Å². The number of fused-ring (bicyclic) bond motifs is 1. The van der Waals surface area contributed by atoms with Crippen LogP contribution in [0, 0.1) is 11.8 Å². The zero-order chi connectivity index (χ0) is 25.5. The van der Waals surface area contributed by atoms with E-state index in [1.165, 1.54) is 58.0 Å². The van der Waals surface area contributed by atoms with Crippen LogP contribution in [0.2, 0.25) is 0 Å². The molecule has 5 aliphatic rings. The van der Waals surface area contributed by atoms with Gasteiger partial charge in [-0.25, -0.2) is 0 Å². The van der Waals surface area contributed by atoms with E-state index >= 15 is 0 Å². The fourth-order valence-electron chi connectivity index (χ4n) is 7.34. The summed E-state index contributed by atoms with van der Waals surface area (Å²) in [5.41, 5.74) is 1.53. The molecule has 2 saturated heterocycles. The van der Waals surface area contributed by atoms with Crippen molar-refractivity contribution in [1.29, 1.82) is 0 Å². The number of hydrogen-bond donors (Lipinski definition) is 1. The number of piperidine rings is 1. The van der Waals surface area contributed by atoms with Crippen LogP contribution >= 0.6 is 0 Å². The lowest BCUT2D eigenvalue weighted by atomic mass is 9.74. The maximum Gasteiger partial charge on any atom is 0.255 e. The highest BCUT2D eigenvalue weighted by atomic mass is 16.5. The number of ether oxygens (including phenoxy) is 2. The predicted octanol–water partition coefficient (Wildman–Crippen LogP) is 3.27. The Balaban J connectivity index is 1.07. The fourth-order valence-corrected chi connectivity index (χ4v) is 7.34. The van der Waals surface area contributed by atoms with Crippen LogP contribution in [0.3, 0.4) is 0 Å². The smallest absolute Gasteiger partial charge is 0.255 e. The predicted molar refractivity (Wildman–Crippen MR) is 137 cm³/mol. The Morgan fingerprint density at radius 1 is 0.919 bits per heavy atom. The maximum absolute atomic E-state index is 13.0. The third-order valence-corrected chi connectivity index (χ3v) is 9.58. The lowest BCUT2D eigenvalue weighted by Gasteiger charge is -2.51. The number of amides is 3. The molecule has 1 aromatic carbocycles. The van der Waals surface area contributed by atoms with Crippen LogP contribution in [0.25, 0.3) is 0 Å². The van der Waals surface area contributed by atoms with Gasteiger partial charge < -0.3 is 14.4 Å². The van der Waals surface area contributed by atoms with Gasteiger partial charge in [0.15, 0.2) is 0 Å². The van der Waals surface area contributed by atoms with Gasteiger partial charge in [-0.05, 0) is 87.0 Å². The van der Waals surface area contributed by atoms with Crippen LogP contribution in [0.1, 0.15) is 80.1 Å². The van der Waals surface area contributed by atoms with E-state index in [1.807, 2.05) is 25.3 Å². The summed E-state index contributed by atoms with van der Waals surface area (Å²) in [6.07, 6.45) is 10.9. The summed E-state index contributed by atoms with van der Waals surface area (Å²) in [6, 6.07) is 5.59. The number of methoxy groups -OCH3 is 1. The van der Waals surface area contributed by atoms with Crippen molar-refractivity contribution in [2.75, 3.05) is 20.2 Å². The summed E-state index contributed by atoms with van der Waals surface area (Å²) in [6.45, 7) is 2.75. The number of nitrogens with zero attached hydrogens (tertiary/aromatic N) is 2. The molecule has 1 unspecified atom stereocenters. The molecule has 3 aliphatic heterocycles. The average Bonchev–Trinajstić information content (AvgIpc) is 3.20. The van der Waals surface area contributed by atoms with Gasteiger partial charge in [0.05, 0.1) is 6.10 Å². The van der Waals surface area contributed by atoms with Gasteiger partial charge in [0.2, 0.25) is 11.8 Å². The van der Waals surface area contributed by atoms with Crippen molar-refractivity contribution in [2.24, 2.45) is 11.8 Å². The highest BCUT2D eigenvalue weighted by molar-refractivity contribution is 6.05. The molecule has 0 bridgehead atoms. The van der Waals surface area contributed by atoms with Crippen LogP contribution in [-0.4, -0.2) is 72.0 Å². The molecule has 2 aliphatic carbocycles. The van der Waals surface area contributed by atoms with Crippen molar-refractivity contribution in [3.8, 4) is 5.75 Å². The molecular formula is C29H39N3O5. The molecule has 8 heteroatoms. The Bertz CT molecular complexity index is 1050. The molecule has 3 amide bonds. The topological polar surface area (TPSA) is 88.2 Å². The number of carbonyl (C=O) groups excluding carboxylic acids is 3. The van der Waals surface area contributed by atoms with Crippen molar-refractivity contribution in [3.05, 3.63) is 29.3 Å². The maximum atomic E-state index is 13.0. The Hall–Kier alpha value is -2.45. The number of nitrogens with one attached hydrogen (secondary N) is 1. The minimum Gasteiger partial charge on any atom is -0.489 e. The number of hydrogen-bond acceptors (Lipinski definition) is 6. The number of imide groups is 1. The molecule has 8 nitrogen and oxygen atoms in total. The normalized spacial score (nSPS) is 33.2. The summed E-state index contributed by atoms with van der Waals surface area (Å²) in [4.78, 5) is 41.1. The Morgan fingerprint density at radius 3 is 2.46 bits per heavy atom. The van der Waals surface area contributed by atoms with Crippen LogP contribution in [0.15, 0.2) is 18.2 Å². The minimum atomic E-state index is -0.589. The number of benzene rings is 1. The SMILES string of the molecule is COC1CCC(C2CN([C@H]3CCCC[C@H]3Oc3ccc4c(c3)CN(C3CCC(=O)NC3=O)C4=O)C2)CC1. The first-order chi connectivity index (χ1) is 18.0. The van der Waals surface area contributed by atoms with E-state index in [0.29, 0.717) is 30.7 Å². The molecule has 3 atom stereocenters. The summed E-state index contributed by atoms with van der Waals surface area (Å²) in [7, 11) is 1.84. The van der Waals surface area contributed by atoms with Gasteiger partial charge in [-0.15, -0.1) is 0 Å². The van der Waals surface area contributed by atoms with Gasteiger partial charge in [0.25, 0.3) is 5.91 Å². The van der Waals surface area contributed by atoms with E-state index in [4.69, 9.17) is 9.47 Å². The van der Waals surface area contributed by atoms with Gasteiger partial charge in [-0.3, -0.25) is 24.6 Å². The molecule has 200 valence electrons. The van der Waals surface area contributed by atoms with Crippen LogP contribution in [-0.2, 0) is 20.9 Å². The molecule has 0 radical (unpaired) electrons. The lowest BCUT2D eigenvalue weighted by molar-refractivity contribution is -0.136. The molecule has 3 heterocycles. The first-order valence-corrected chi connectivity index (χ1v) is 14.2. The highest BCUT2D eigenvalue weighted by Crippen LogP contribution is 2.39. The molecule has 37 heavy (non-hydrogen) atoms. The van der Waals surface area contributed by atoms with Gasteiger partial charge in [0.1, 0.15) is 17.9 Å². The van der Waals surface area contributed by atoms with E-state index in [-0.39, 0.29) is 30.2 Å². The molecule has 1 aromatic rings. The highest BCUT2D eigenvalue weighted by Gasteiger charge is 2.43. The first-order valence-electron chi connectivity index (χ1n) is 14.2. The van der Waals surface area contributed by atoms with E-state index < -0.39 is 6.04 Å². The zero-order valence-electron chi connectivity index (χ0n) is 21.8. The fraction of sp³-hybridized carbons (Fsp3) is 0.690. The third kappa shape index (κ3) is 4.90. The standard InChI is InChI=1S/C29H39N3O5/c1-36-21-8-6-18(7-9-21)20-15-31(16-20)24-4-2-3-5-26(24)37-22-10-11-23-19(14-22)17-32(29(23)35)25-12-13-27(33)30-28(25)34/h10-11,14,18,20-21,24-26H,2-9,12-13,15-17H2,1H3,(H,30,33,34)/t18?,21?,24-,25?,26+/m0/s1. The van der Waals surface area contributed by atoms with Gasteiger partial charge >= 0.3 is 0 Å². The molecule has 0 aromatic heterocycles. The molecular weight excluding hydrogens is 470 g/mol. The van der Waals surface area contributed by atoms with Crippen molar-refractivity contribution in [2.45, 2.75) is 95.0 Å². The Kier molecular flexibility index (Phi) is 6.97. The van der Waals surface area contributed by atoms with E-state index in [9.17, 15) is 14.4 Å². The number of carbonyl (C=O) groups is 3. The summed E-state index contributed by atoms with van der Waals surface area (Å²) >= 11 is 0. The first kappa shape index (κ1) is 24.9. The second-order valence-electron chi connectivity index (χ2n) is 11.7. The molecule has 1 N–H and O–H groups in total. The lowest BCUT2D eigenvalue weighted by Crippen LogP contribution is -2.59. The van der Waals surface area contributed by atoms with Gasteiger partial charge in [-0.2, -0.15) is 0 Å². The molecule has 4 fully saturated rings. The largest absolute Gasteiger partial charge is 0.489 e. The minimum absolute atomic E-state index is 0.141. The molecule has 6 rings (SSSR count). The van der Waals surface area contributed by atoms with E-state index in [2.05, 4.69) is 10.2 Å². The monoisotopic (exact) mass is 509 g/mol. The van der Waals surface area contributed by atoms with Crippen molar-refractivity contribution >= 4 is 17.7 Å². The van der Waals surface area contributed by atoms with Crippen LogP contribution in [0.4, 0.5) is 0 Å². The Morgan fingerprint density at radius 2 is 1.70 bits per heavy atom. The third-order valence-electron chi connectivity index (χ3n) is 9.58. The van der Waals surface area contributed by atoms with E-state index in [0.717, 1.165) is 29.6 Å². The van der Waals surface area contributed by atoms with Crippen molar-refractivity contribution < 1.29 is 23.9 Å². The number of rotatable bonds is 6.